The Morgan fingerprint density at radius 2 is 1.82 bits per heavy atom. The van der Waals surface area contributed by atoms with Gasteiger partial charge in [-0.2, -0.15) is 0 Å². The summed E-state index contributed by atoms with van der Waals surface area (Å²) in [5.74, 6) is 1.27. The van der Waals surface area contributed by atoms with Gasteiger partial charge in [-0.15, -0.1) is 11.6 Å². The molecule has 1 rings (SSSR count). The Morgan fingerprint density at radius 3 is 2.53 bits per heavy atom. The fourth-order valence-corrected chi connectivity index (χ4v) is 1.83. The van der Waals surface area contributed by atoms with Gasteiger partial charge in [0, 0.05) is 5.88 Å². The van der Waals surface area contributed by atoms with E-state index in [1.54, 1.807) is 18.2 Å². The molecule has 0 fully saturated rings. The van der Waals surface area contributed by atoms with Crippen LogP contribution in [0, 0.1) is 0 Å². The molecular formula is C13H16Cl2O2. The van der Waals surface area contributed by atoms with Crippen molar-refractivity contribution < 1.29 is 9.53 Å². The van der Waals surface area contributed by atoms with Gasteiger partial charge < -0.3 is 4.74 Å². The lowest BCUT2D eigenvalue weighted by Gasteiger charge is -2.08. The van der Waals surface area contributed by atoms with E-state index in [9.17, 15) is 4.79 Å². The molecule has 0 amide bonds. The number of ether oxygens (including phenoxy) is 1. The van der Waals surface area contributed by atoms with E-state index in [1.165, 1.54) is 0 Å². The minimum absolute atomic E-state index is 0.426. The lowest BCUT2D eigenvalue weighted by Crippen LogP contribution is -2.01. The third-order valence-corrected chi connectivity index (χ3v) is 2.86. The zero-order valence-electron chi connectivity index (χ0n) is 9.62. The highest BCUT2D eigenvalue weighted by molar-refractivity contribution is 6.68. The van der Waals surface area contributed by atoms with Crippen LogP contribution in [0.5, 0.6) is 5.75 Å². The molecule has 0 bridgehead atoms. The maximum absolute atomic E-state index is 11.1. The van der Waals surface area contributed by atoms with Crippen LogP contribution in [-0.2, 0) is 0 Å². The van der Waals surface area contributed by atoms with Crippen LogP contribution in [0.4, 0.5) is 0 Å². The van der Waals surface area contributed by atoms with Gasteiger partial charge in [-0.25, -0.2) is 0 Å². The van der Waals surface area contributed by atoms with E-state index in [0.29, 0.717) is 23.8 Å². The molecule has 0 heterocycles. The van der Waals surface area contributed by atoms with E-state index in [2.05, 4.69) is 0 Å². The summed E-state index contributed by atoms with van der Waals surface area (Å²) >= 11 is 11.0. The molecule has 0 saturated carbocycles. The number of hydrogen-bond acceptors (Lipinski definition) is 2. The predicted molar refractivity (Wildman–Crippen MR) is 71.3 cm³/mol. The Kier molecular flexibility index (Phi) is 7.06. The van der Waals surface area contributed by atoms with Gasteiger partial charge in [0.25, 0.3) is 5.24 Å². The van der Waals surface area contributed by atoms with Crippen molar-refractivity contribution in [2.45, 2.75) is 25.7 Å². The highest BCUT2D eigenvalue weighted by Crippen LogP contribution is 2.20. The van der Waals surface area contributed by atoms with Gasteiger partial charge in [0.2, 0.25) is 0 Å². The molecule has 0 N–H and O–H groups in total. The largest absolute Gasteiger partial charge is 0.493 e. The monoisotopic (exact) mass is 274 g/mol. The molecule has 94 valence electrons. The minimum Gasteiger partial charge on any atom is -0.493 e. The molecule has 0 atom stereocenters. The summed E-state index contributed by atoms with van der Waals surface area (Å²) in [7, 11) is 0. The fourth-order valence-electron chi connectivity index (χ4n) is 1.49. The first-order chi connectivity index (χ1) is 8.25. The van der Waals surface area contributed by atoms with E-state index < -0.39 is 5.24 Å². The van der Waals surface area contributed by atoms with Crippen LogP contribution in [0.1, 0.15) is 36.0 Å². The summed E-state index contributed by atoms with van der Waals surface area (Å²) in [5, 5.41) is -0.484. The number of unbranched alkanes of at least 4 members (excludes halogenated alkanes) is 3. The molecule has 2 nitrogen and oxygen atoms in total. The second-order valence-electron chi connectivity index (χ2n) is 3.72. The summed E-state index contributed by atoms with van der Waals surface area (Å²) in [6.07, 6.45) is 4.20. The van der Waals surface area contributed by atoms with E-state index >= 15 is 0 Å². The maximum atomic E-state index is 11.1. The molecule has 0 aliphatic carbocycles. The first-order valence-corrected chi connectivity index (χ1v) is 6.64. The summed E-state index contributed by atoms with van der Waals surface area (Å²) in [4.78, 5) is 11.1. The van der Waals surface area contributed by atoms with Gasteiger partial charge >= 0.3 is 0 Å². The number of para-hydroxylation sites is 1. The molecule has 0 radical (unpaired) electrons. The molecular weight excluding hydrogens is 259 g/mol. The third kappa shape index (κ3) is 5.42. The van der Waals surface area contributed by atoms with E-state index in [1.807, 2.05) is 6.07 Å². The van der Waals surface area contributed by atoms with Crippen molar-refractivity contribution in [3.05, 3.63) is 29.8 Å². The molecule has 1 aromatic carbocycles. The zero-order valence-corrected chi connectivity index (χ0v) is 11.1. The summed E-state index contributed by atoms with van der Waals surface area (Å²) in [5.41, 5.74) is 0.426. The molecule has 0 aliphatic rings. The highest BCUT2D eigenvalue weighted by atomic mass is 35.5. The van der Waals surface area contributed by atoms with Gasteiger partial charge in [0.05, 0.1) is 12.2 Å². The van der Waals surface area contributed by atoms with Crippen molar-refractivity contribution in [1.29, 1.82) is 0 Å². The first kappa shape index (κ1) is 14.3. The topological polar surface area (TPSA) is 26.3 Å². The lowest BCUT2D eigenvalue weighted by molar-refractivity contribution is 0.107. The van der Waals surface area contributed by atoms with Crippen molar-refractivity contribution in [3.8, 4) is 5.75 Å². The number of carbonyl (C=O) groups is 1. The van der Waals surface area contributed by atoms with Crippen LogP contribution in [0.2, 0.25) is 0 Å². The number of alkyl halides is 1. The SMILES string of the molecule is O=C(Cl)c1ccccc1OCCCCCCCl. The van der Waals surface area contributed by atoms with Crippen molar-refractivity contribution in [3.63, 3.8) is 0 Å². The first-order valence-electron chi connectivity index (χ1n) is 5.73. The van der Waals surface area contributed by atoms with Crippen molar-refractivity contribution >= 4 is 28.4 Å². The molecule has 0 saturated heterocycles. The lowest BCUT2D eigenvalue weighted by atomic mass is 10.2. The van der Waals surface area contributed by atoms with E-state index in [-0.39, 0.29) is 0 Å². The van der Waals surface area contributed by atoms with Gasteiger partial charge in [-0.05, 0) is 36.6 Å². The maximum Gasteiger partial charge on any atom is 0.256 e. The molecule has 0 spiro atoms. The summed E-state index contributed by atoms with van der Waals surface area (Å²) in [6.45, 7) is 0.601. The van der Waals surface area contributed by atoms with Gasteiger partial charge in [-0.3, -0.25) is 4.79 Å². The average Bonchev–Trinajstić information content (AvgIpc) is 2.34. The molecule has 17 heavy (non-hydrogen) atoms. The van der Waals surface area contributed by atoms with Crippen LogP contribution < -0.4 is 4.74 Å². The Hall–Kier alpha value is -0.730. The highest BCUT2D eigenvalue weighted by Gasteiger charge is 2.08. The molecule has 4 heteroatoms. The average molecular weight is 275 g/mol. The smallest absolute Gasteiger partial charge is 0.256 e. The number of carbonyl (C=O) groups excluding carboxylic acids is 1. The van der Waals surface area contributed by atoms with Crippen LogP contribution in [0.3, 0.4) is 0 Å². The second-order valence-corrected chi connectivity index (χ2v) is 4.44. The van der Waals surface area contributed by atoms with Gasteiger partial charge in [0.15, 0.2) is 0 Å². The fraction of sp³-hybridized carbons (Fsp3) is 0.462. The Balaban J connectivity index is 2.34. The third-order valence-electron chi connectivity index (χ3n) is 2.38. The normalized spacial score (nSPS) is 10.2. The summed E-state index contributed by atoms with van der Waals surface area (Å²) in [6, 6.07) is 7.02. The summed E-state index contributed by atoms with van der Waals surface area (Å²) < 4.78 is 5.54. The van der Waals surface area contributed by atoms with Crippen molar-refractivity contribution in [2.24, 2.45) is 0 Å². The van der Waals surface area contributed by atoms with Gasteiger partial charge in [-0.1, -0.05) is 25.0 Å². The quantitative estimate of drug-likeness (QED) is 0.403. The van der Waals surface area contributed by atoms with E-state index in [4.69, 9.17) is 27.9 Å². The van der Waals surface area contributed by atoms with E-state index in [0.717, 1.165) is 25.7 Å². The second kappa shape index (κ2) is 8.37. The van der Waals surface area contributed by atoms with Gasteiger partial charge in [0.1, 0.15) is 5.75 Å². The Morgan fingerprint density at radius 1 is 1.12 bits per heavy atom. The standard InChI is InChI=1S/C13H16Cl2O2/c14-9-5-1-2-6-10-17-12-8-4-3-7-11(12)13(15)16/h3-4,7-8H,1-2,5-6,9-10H2. The number of halogens is 2. The van der Waals surface area contributed by atoms with Crippen LogP contribution in [0.15, 0.2) is 24.3 Å². The Labute approximate surface area is 112 Å². The van der Waals surface area contributed by atoms with Crippen LogP contribution >= 0.6 is 23.2 Å². The number of benzene rings is 1. The zero-order chi connectivity index (χ0) is 12.5. The molecule has 0 aliphatic heterocycles. The molecule has 0 aromatic heterocycles. The Bertz CT molecular complexity index is 353. The predicted octanol–water partition coefficient (Wildman–Crippen LogP) is 4.24. The van der Waals surface area contributed by atoms with Crippen LogP contribution in [-0.4, -0.2) is 17.7 Å². The molecule has 0 unspecified atom stereocenters. The number of hydrogen-bond donors (Lipinski definition) is 0. The van der Waals surface area contributed by atoms with Crippen LogP contribution in [0.25, 0.3) is 0 Å². The molecule has 1 aromatic rings. The number of rotatable bonds is 8. The van der Waals surface area contributed by atoms with Crippen molar-refractivity contribution in [1.82, 2.24) is 0 Å². The van der Waals surface area contributed by atoms with Crippen molar-refractivity contribution in [2.75, 3.05) is 12.5 Å². The minimum atomic E-state index is -0.484.